The number of hydrogen-bond acceptors (Lipinski definition) is 6. The largest absolute Gasteiger partial charge is 0.507 e. The summed E-state index contributed by atoms with van der Waals surface area (Å²) >= 11 is 0. The van der Waals surface area contributed by atoms with Crippen LogP contribution in [0.1, 0.15) is 22.3 Å². The van der Waals surface area contributed by atoms with Crippen LogP contribution in [0.15, 0.2) is 70.6 Å². The first-order chi connectivity index (χ1) is 15.7. The van der Waals surface area contributed by atoms with Crippen LogP contribution in [0, 0.1) is 0 Å². The maximum absolute atomic E-state index is 10.6. The van der Waals surface area contributed by atoms with E-state index in [9.17, 15) is 10.2 Å². The second-order valence-electron chi connectivity index (χ2n) is 7.44. The summed E-state index contributed by atoms with van der Waals surface area (Å²) < 4.78 is 11.3. The van der Waals surface area contributed by atoms with E-state index in [-0.39, 0.29) is 11.5 Å². The highest BCUT2D eigenvalue weighted by Crippen LogP contribution is 2.29. The summed E-state index contributed by atoms with van der Waals surface area (Å²) in [5.41, 5.74) is 4.20. The van der Waals surface area contributed by atoms with Gasteiger partial charge in [-0.05, 0) is 48.2 Å². The molecular weight excluding hydrogens is 404 g/mol. The Bertz CT molecular complexity index is 1040. The van der Waals surface area contributed by atoms with Gasteiger partial charge in [0.1, 0.15) is 11.5 Å². The number of aromatic hydroxyl groups is 2. The van der Waals surface area contributed by atoms with Crippen LogP contribution in [0.2, 0.25) is 0 Å². The molecule has 0 saturated carbocycles. The molecule has 0 aliphatic carbocycles. The molecule has 6 nitrogen and oxygen atoms in total. The van der Waals surface area contributed by atoms with Crippen LogP contribution < -0.4 is 0 Å². The van der Waals surface area contributed by atoms with Crippen LogP contribution >= 0.6 is 0 Å². The molecule has 0 atom stereocenters. The van der Waals surface area contributed by atoms with Crippen molar-refractivity contribution in [3.8, 4) is 11.5 Å². The van der Waals surface area contributed by atoms with E-state index >= 15 is 0 Å². The third-order valence-electron chi connectivity index (χ3n) is 5.27. The monoisotopic (exact) mass is 430 g/mol. The van der Waals surface area contributed by atoms with Gasteiger partial charge in [0.15, 0.2) is 0 Å². The summed E-state index contributed by atoms with van der Waals surface area (Å²) in [5, 5.41) is 21.3. The number of nitrogens with zero attached hydrogens (tertiary/aromatic N) is 2. The van der Waals surface area contributed by atoms with Gasteiger partial charge >= 0.3 is 0 Å². The quantitative estimate of drug-likeness (QED) is 0.540. The second kappa shape index (κ2) is 10.7. The van der Waals surface area contributed by atoms with Crippen molar-refractivity contribution in [2.45, 2.75) is 12.8 Å². The summed E-state index contributed by atoms with van der Waals surface area (Å²) in [6, 6.07) is 18.7. The first-order valence-corrected chi connectivity index (χ1v) is 10.7. The average molecular weight is 431 g/mol. The van der Waals surface area contributed by atoms with Crippen molar-refractivity contribution < 1.29 is 19.7 Å². The normalized spacial score (nSPS) is 15.1. The molecule has 0 unspecified atom stereocenters. The van der Waals surface area contributed by atoms with Crippen molar-refractivity contribution in [2.24, 2.45) is 9.98 Å². The van der Waals surface area contributed by atoms with Crippen LogP contribution in [-0.4, -0.2) is 49.1 Å². The third kappa shape index (κ3) is 5.41. The molecule has 1 aliphatic rings. The van der Waals surface area contributed by atoms with Gasteiger partial charge in [-0.1, -0.05) is 36.4 Å². The van der Waals surface area contributed by atoms with E-state index < -0.39 is 0 Å². The molecule has 32 heavy (non-hydrogen) atoms. The fourth-order valence-electron chi connectivity index (χ4n) is 3.48. The highest BCUT2D eigenvalue weighted by molar-refractivity contribution is 5.89. The Kier molecular flexibility index (Phi) is 7.27. The molecule has 3 aromatic carbocycles. The van der Waals surface area contributed by atoms with Crippen molar-refractivity contribution in [3.63, 3.8) is 0 Å². The van der Waals surface area contributed by atoms with Gasteiger partial charge < -0.3 is 19.7 Å². The summed E-state index contributed by atoms with van der Waals surface area (Å²) in [6.07, 6.45) is 4.46. The lowest BCUT2D eigenvalue weighted by atomic mass is 10.1. The fraction of sp³-hybridized carbons (Fsp3) is 0.231. The van der Waals surface area contributed by atoms with E-state index in [4.69, 9.17) is 9.47 Å². The smallest absolute Gasteiger partial charge is 0.127 e. The average Bonchev–Trinajstić information content (AvgIpc) is 2.81. The van der Waals surface area contributed by atoms with Crippen LogP contribution in [0.3, 0.4) is 0 Å². The van der Waals surface area contributed by atoms with Crippen molar-refractivity contribution in [3.05, 3.63) is 82.9 Å². The van der Waals surface area contributed by atoms with Gasteiger partial charge in [0.25, 0.3) is 0 Å². The van der Waals surface area contributed by atoms with E-state index in [1.165, 1.54) is 0 Å². The third-order valence-corrected chi connectivity index (χ3v) is 5.27. The molecular formula is C26H26N2O4. The Balaban J connectivity index is 1.68. The van der Waals surface area contributed by atoms with Gasteiger partial charge in [-0.2, -0.15) is 0 Å². The minimum absolute atomic E-state index is 0.202. The second-order valence-corrected chi connectivity index (χ2v) is 7.44. The van der Waals surface area contributed by atoms with Gasteiger partial charge in [0.05, 0.1) is 37.8 Å². The zero-order valence-electron chi connectivity index (χ0n) is 17.8. The summed E-state index contributed by atoms with van der Waals surface area (Å²) in [5.74, 6) is 0.404. The Morgan fingerprint density at radius 2 is 1.03 bits per heavy atom. The minimum atomic E-state index is 0.202. The van der Waals surface area contributed by atoms with Crippen LogP contribution in [-0.2, 0) is 22.3 Å². The van der Waals surface area contributed by atoms with Gasteiger partial charge in [0.2, 0.25) is 0 Å². The molecule has 1 aliphatic heterocycles. The molecule has 0 fully saturated rings. The number of hydrogen-bond donors (Lipinski definition) is 2. The molecule has 4 rings (SSSR count). The highest BCUT2D eigenvalue weighted by atomic mass is 16.5. The number of ether oxygens (including phenoxy) is 2. The van der Waals surface area contributed by atoms with Crippen LogP contribution in [0.5, 0.6) is 11.5 Å². The fourth-order valence-corrected chi connectivity index (χ4v) is 3.48. The number of aliphatic imine (C=N–C) groups is 2. The first-order valence-electron chi connectivity index (χ1n) is 10.7. The molecule has 1 heterocycles. The van der Waals surface area contributed by atoms with Gasteiger partial charge in [-0.3, -0.25) is 9.98 Å². The molecule has 0 radical (unpaired) electrons. The molecule has 2 N–H and O–H groups in total. The molecule has 0 saturated heterocycles. The maximum atomic E-state index is 10.6. The van der Waals surface area contributed by atoms with E-state index in [0.717, 1.165) is 11.1 Å². The van der Waals surface area contributed by atoms with E-state index in [1.807, 2.05) is 60.7 Å². The first kappa shape index (κ1) is 21.7. The predicted octanol–water partition coefficient (Wildman–Crippen LogP) is 4.73. The molecule has 164 valence electrons. The molecule has 6 heteroatoms. The zero-order valence-corrected chi connectivity index (χ0v) is 17.8. The SMILES string of the molecule is Oc1c2cccc1CCOCCOCCc1cccc(c1O)C=Nc1ccccc1N=C2. The van der Waals surface area contributed by atoms with Crippen molar-refractivity contribution >= 4 is 23.8 Å². The Hall–Kier alpha value is -3.48. The number of fused-ring (bicyclic) bond motifs is 5. The maximum Gasteiger partial charge on any atom is 0.127 e. The summed E-state index contributed by atoms with van der Waals surface area (Å²) in [6.45, 7) is 1.91. The van der Waals surface area contributed by atoms with Gasteiger partial charge in [-0.25, -0.2) is 0 Å². The Labute approximate surface area is 187 Å². The predicted molar refractivity (Wildman–Crippen MR) is 126 cm³/mol. The van der Waals surface area contributed by atoms with Crippen LogP contribution in [0.25, 0.3) is 0 Å². The van der Waals surface area contributed by atoms with Crippen molar-refractivity contribution in [2.75, 3.05) is 26.4 Å². The van der Waals surface area contributed by atoms with E-state index in [0.29, 0.717) is 61.8 Å². The summed E-state index contributed by atoms with van der Waals surface area (Å²) in [4.78, 5) is 9.11. The molecule has 4 bridgehead atoms. The van der Waals surface area contributed by atoms with E-state index in [1.54, 1.807) is 12.4 Å². The van der Waals surface area contributed by atoms with E-state index in [2.05, 4.69) is 9.98 Å². The number of rotatable bonds is 0. The molecule has 3 aromatic rings. The molecule has 0 spiro atoms. The number of phenols is 2. The number of phenolic OH excluding ortho intramolecular Hbond substituents is 2. The van der Waals surface area contributed by atoms with Crippen molar-refractivity contribution in [1.82, 2.24) is 0 Å². The van der Waals surface area contributed by atoms with Gasteiger partial charge in [-0.15, -0.1) is 0 Å². The minimum Gasteiger partial charge on any atom is -0.507 e. The number of benzene rings is 3. The topological polar surface area (TPSA) is 83.6 Å². The Morgan fingerprint density at radius 1 is 0.562 bits per heavy atom. The lowest BCUT2D eigenvalue weighted by molar-refractivity contribution is 0.0498. The van der Waals surface area contributed by atoms with Crippen LogP contribution in [0.4, 0.5) is 11.4 Å². The molecule has 0 aromatic heterocycles. The zero-order chi connectivity index (χ0) is 22.2. The lowest BCUT2D eigenvalue weighted by Gasteiger charge is -2.10. The lowest BCUT2D eigenvalue weighted by Crippen LogP contribution is -2.09. The standard InChI is InChI=1S/C26H26N2O4/c29-25-19-5-3-7-21(25)17-27-23-9-1-2-10-24(23)28-18-22-8-4-6-20(26(22)30)12-14-32-16-15-31-13-11-19/h1-10,17-18,29-30H,11-16H2. The van der Waals surface area contributed by atoms with Crippen molar-refractivity contribution in [1.29, 1.82) is 0 Å². The summed E-state index contributed by atoms with van der Waals surface area (Å²) in [7, 11) is 0. The van der Waals surface area contributed by atoms with Gasteiger partial charge in [0, 0.05) is 23.6 Å². The highest BCUT2D eigenvalue weighted by Gasteiger charge is 2.08. The number of para-hydroxylation sites is 4. The molecule has 0 amide bonds. The Morgan fingerprint density at radius 3 is 1.50 bits per heavy atom.